The van der Waals surface area contributed by atoms with Gasteiger partial charge >= 0.3 is 0 Å². The molecule has 0 spiro atoms. The Morgan fingerprint density at radius 3 is 2.53 bits per heavy atom. The van der Waals surface area contributed by atoms with Crippen molar-refractivity contribution < 1.29 is 4.74 Å². The second-order valence-corrected chi connectivity index (χ2v) is 5.46. The Balaban J connectivity index is 2.01. The highest BCUT2D eigenvalue weighted by Gasteiger charge is 2.23. The maximum Gasteiger partial charge on any atom is 0.0754 e. The number of hydrogen-bond donors (Lipinski definition) is 1. The SMILES string of the molecule is CCCN(CC1CCC(C)O1)c1ccc(CN)cc1. The molecule has 106 valence electrons. The van der Waals surface area contributed by atoms with E-state index in [1.54, 1.807) is 0 Å². The fourth-order valence-corrected chi connectivity index (χ4v) is 2.70. The van der Waals surface area contributed by atoms with E-state index >= 15 is 0 Å². The van der Waals surface area contributed by atoms with Crippen LogP contribution in [0.3, 0.4) is 0 Å². The van der Waals surface area contributed by atoms with Crippen molar-refractivity contribution in [2.75, 3.05) is 18.0 Å². The van der Waals surface area contributed by atoms with Gasteiger partial charge in [-0.05, 0) is 43.9 Å². The van der Waals surface area contributed by atoms with Gasteiger partial charge in [0.25, 0.3) is 0 Å². The first-order valence-corrected chi connectivity index (χ1v) is 7.42. The Morgan fingerprint density at radius 2 is 2.00 bits per heavy atom. The summed E-state index contributed by atoms with van der Waals surface area (Å²) in [6.45, 7) is 7.08. The Morgan fingerprint density at radius 1 is 1.26 bits per heavy atom. The minimum atomic E-state index is 0.385. The summed E-state index contributed by atoms with van der Waals surface area (Å²) in [6.07, 6.45) is 4.34. The molecule has 1 aliphatic heterocycles. The van der Waals surface area contributed by atoms with Crippen LogP contribution in [-0.2, 0) is 11.3 Å². The lowest BCUT2D eigenvalue weighted by Gasteiger charge is -2.27. The first-order valence-electron chi connectivity index (χ1n) is 7.42. The molecule has 3 heteroatoms. The third-order valence-electron chi connectivity index (χ3n) is 3.77. The van der Waals surface area contributed by atoms with Crippen molar-refractivity contribution in [3.63, 3.8) is 0 Å². The number of benzene rings is 1. The molecule has 19 heavy (non-hydrogen) atoms. The topological polar surface area (TPSA) is 38.5 Å². The van der Waals surface area contributed by atoms with E-state index in [-0.39, 0.29) is 0 Å². The summed E-state index contributed by atoms with van der Waals surface area (Å²) in [5, 5.41) is 0. The van der Waals surface area contributed by atoms with Crippen molar-refractivity contribution in [2.24, 2.45) is 5.73 Å². The molecule has 1 aromatic rings. The summed E-state index contributed by atoms with van der Waals surface area (Å²) in [6, 6.07) is 8.60. The van der Waals surface area contributed by atoms with Crippen LogP contribution < -0.4 is 10.6 Å². The van der Waals surface area contributed by atoms with Crippen molar-refractivity contribution in [2.45, 2.75) is 51.9 Å². The maximum atomic E-state index is 5.94. The van der Waals surface area contributed by atoms with Crippen LogP contribution >= 0.6 is 0 Å². The third kappa shape index (κ3) is 3.95. The predicted molar refractivity (Wildman–Crippen MR) is 80.4 cm³/mol. The van der Waals surface area contributed by atoms with E-state index in [9.17, 15) is 0 Å². The second-order valence-electron chi connectivity index (χ2n) is 5.46. The highest BCUT2D eigenvalue weighted by atomic mass is 16.5. The lowest BCUT2D eigenvalue weighted by Crippen LogP contribution is -2.33. The monoisotopic (exact) mass is 262 g/mol. The minimum absolute atomic E-state index is 0.385. The smallest absolute Gasteiger partial charge is 0.0754 e. The van der Waals surface area contributed by atoms with Crippen molar-refractivity contribution in [1.29, 1.82) is 0 Å². The van der Waals surface area contributed by atoms with E-state index < -0.39 is 0 Å². The largest absolute Gasteiger partial charge is 0.373 e. The average Bonchev–Trinajstić information content (AvgIpc) is 2.84. The number of anilines is 1. The highest BCUT2D eigenvalue weighted by molar-refractivity contribution is 5.47. The zero-order chi connectivity index (χ0) is 13.7. The molecule has 1 saturated heterocycles. The highest BCUT2D eigenvalue weighted by Crippen LogP contribution is 2.23. The van der Waals surface area contributed by atoms with Crippen molar-refractivity contribution >= 4 is 5.69 Å². The van der Waals surface area contributed by atoms with Crippen LogP contribution in [0.5, 0.6) is 0 Å². The molecule has 0 amide bonds. The second kappa shape index (κ2) is 6.92. The van der Waals surface area contributed by atoms with Gasteiger partial charge in [-0.3, -0.25) is 0 Å². The summed E-state index contributed by atoms with van der Waals surface area (Å²) in [7, 11) is 0. The molecule has 1 aliphatic rings. The number of nitrogens with two attached hydrogens (primary N) is 1. The van der Waals surface area contributed by atoms with Crippen LogP contribution in [0.15, 0.2) is 24.3 Å². The van der Waals surface area contributed by atoms with Gasteiger partial charge in [0.15, 0.2) is 0 Å². The molecule has 0 aliphatic carbocycles. The molecule has 0 saturated carbocycles. The molecule has 2 N–H and O–H groups in total. The van der Waals surface area contributed by atoms with Crippen LogP contribution in [0.1, 0.15) is 38.7 Å². The lowest BCUT2D eigenvalue weighted by atomic mass is 10.1. The van der Waals surface area contributed by atoms with Crippen molar-refractivity contribution in [3.05, 3.63) is 29.8 Å². The summed E-state index contributed by atoms with van der Waals surface area (Å²) >= 11 is 0. The first kappa shape index (κ1) is 14.4. The van der Waals surface area contributed by atoms with Gasteiger partial charge in [0.05, 0.1) is 12.2 Å². The number of ether oxygens (including phenoxy) is 1. The van der Waals surface area contributed by atoms with Crippen molar-refractivity contribution in [3.8, 4) is 0 Å². The van der Waals surface area contributed by atoms with Crippen LogP contribution in [0.25, 0.3) is 0 Å². The van der Waals surface area contributed by atoms with E-state index in [0.717, 1.165) is 19.5 Å². The zero-order valence-electron chi connectivity index (χ0n) is 12.1. The molecule has 1 fully saturated rings. The molecular weight excluding hydrogens is 236 g/mol. The molecule has 0 aromatic heterocycles. The fourth-order valence-electron chi connectivity index (χ4n) is 2.70. The van der Waals surface area contributed by atoms with E-state index in [0.29, 0.717) is 18.8 Å². The van der Waals surface area contributed by atoms with Crippen LogP contribution in [0, 0.1) is 0 Å². The molecular formula is C16H26N2O. The summed E-state index contributed by atoms with van der Waals surface area (Å²) in [4.78, 5) is 2.43. The molecule has 1 heterocycles. The van der Waals surface area contributed by atoms with E-state index in [2.05, 4.69) is 43.0 Å². The average molecular weight is 262 g/mol. The van der Waals surface area contributed by atoms with Gasteiger partial charge in [-0.1, -0.05) is 19.1 Å². The Labute approximate surface area is 116 Å². The molecule has 0 radical (unpaired) electrons. The molecule has 2 unspecified atom stereocenters. The van der Waals surface area contributed by atoms with Gasteiger partial charge in [0, 0.05) is 25.3 Å². The summed E-state index contributed by atoms with van der Waals surface area (Å²) < 4.78 is 5.94. The van der Waals surface area contributed by atoms with Gasteiger partial charge in [-0.15, -0.1) is 0 Å². The van der Waals surface area contributed by atoms with E-state index in [4.69, 9.17) is 10.5 Å². The molecule has 2 rings (SSSR count). The number of hydrogen-bond acceptors (Lipinski definition) is 3. The van der Waals surface area contributed by atoms with Gasteiger partial charge < -0.3 is 15.4 Å². The lowest BCUT2D eigenvalue weighted by molar-refractivity contribution is 0.0600. The standard InChI is InChI=1S/C16H26N2O/c1-3-10-18(12-16-9-4-13(2)19-16)15-7-5-14(11-17)6-8-15/h5-8,13,16H,3-4,9-12,17H2,1-2H3. The predicted octanol–water partition coefficient (Wildman–Crippen LogP) is 2.93. The van der Waals surface area contributed by atoms with E-state index in [1.165, 1.54) is 24.1 Å². The molecule has 2 atom stereocenters. The minimum Gasteiger partial charge on any atom is -0.373 e. The van der Waals surface area contributed by atoms with Crippen LogP contribution in [0.2, 0.25) is 0 Å². The molecule has 0 bridgehead atoms. The zero-order valence-corrected chi connectivity index (χ0v) is 12.1. The normalized spacial score (nSPS) is 22.7. The summed E-state index contributed by atoms with van der Waals surface area (Å²) in [5.74, 6) is 0. The molecule has 1 aromatic carbocycles. The maximum absolute atomic E-state index is 5.94. The van der Waals surface area contributed by atoms with Gasteiger partial charge in [0.1, 0.15) is 0 Å². The van der Waals surface area contributed by atoms with Gasteiger partial charge in [-0.2, -0.15) is 0 Å². The number of nitrogens with zero attached hydrogens (tertiary/aromatic N) is 1. The molecule has 3 nitrogen and oxygen atoms in total. The van der Waals surface area contributed by atoms with E-state index in [1.807, 2.05) is 0 Å². The van der Waals surface area contributed by atoms with Gasteiger partial charge in [-0.25, -0.2) is 0 Å². The van der Waals surface area contributed by atoms with Crippen LogP contribution in [-0.4, -0.2) is 25.3 Å². The first-order chi connectivity index (χ1) is 9.22. The van der Waals surface area contributed by atoms with Crippen LogP contribution in [0.4, 0.5) is 5.69 Å². The Kier molecular flexibility index (Phi) is 5.23. The number of rotatable bonds is 6. The quantitative estimate of drug-likeness (QED) is 0.856. The fraction of sp³-hybridized carbons (Fsp3) is 0.625. The Bertz CT molecular complexity index is 377. The third-order valence-corrected chi connectivity index (χ3v) is 3.77. The van der Waals surface area contributed by atoms with Crippen molar-refractivity contribution in [1.82, 2.24) is 0 Å². The van der Waals surface area contributed by atoms with Gasteiger partial charge in [0.2, 0.25) is 0 Å². The Hall–Kier alpha value is -1.06. The summed E-state index contributed by atoms with van der Waals surface area (Å²) in [5.41, 5.74) is 8.11.